The lowest BCUT2D eigenvalue weighted by Gasteiger charge is -2.08. The van der Waals surface area contributed by atoms with Gasteiger partial charge in [0.05, 0.1) is 18.6 Å². The molecule has 5 aromatic rings. The molecule has 0 atom stereocenters. The Hall–Kier alpha value is -4.52. The first-order valence-electron chi connectivity index (χ1n) is 10.6. The Morgan fingerprint density at radius 3 is 2.58 bits per heavy atom. The second-order valence-corrected chi connectivity index (χ2v) is 7.69. The highest BCUT2D eigenvalue weighted by Gasteiger charge is 2.14. The fraction of sp³-hybridized carbons (Fsp3) is 0.0769. The number of anilines is 1. The van der Waals surface area contributed by atoms with Crippen molar-refractivity contribution in [2.45, 2.75) is 13.1 Å². The molecule has 0 aliphatic heterocycles. The second-order valence-electron chi connectivity index (χ2n) is 7.69. The third-order valence-electron chi connectivity index (χ3n) is 5.39. The van der Waals surface area contributed by atoms with E-state index >= 15 is 0 Å². The van der Waals surface area contributed by atoms with Crippen LogP contribution in [0.2, 0.25) is 0 Å². The van der Waals surface area contributed by atoms with Gasteiger partial charge in [-0.2, -0.15) is 5.10 Å². The number of rotatable bonds is 6. The van der Waals surface area contributed by atoms with Crippen LogP contribution in [-0.4, -0.2) is 25.2 Å². The van der Waals surface area contributed by atoms with Crippen molar-refractivity contribution in [2.75, 3.05) is 5.32 Å². The Bertz CT molecular complexity index is 1480. The molecule has 5 rings (SSSR count). The summed E-state index contributed by atoms with van der Waals surface area (Å²) in [7, 11) is 0. The van der Waals surface area contributed by atoms with Crippen LogP contribution in [0.3, 0.4) is 0 Å². The number of carbonyl (C=O) groups excluding carboxylic acids is 1. The summed E-state index contributed by atoms with van der Waals surface area (Å²) in [4.78, 5) is 30.1. The zero-order valence-electron chi connectivity index (χ0n) is 17.8. The lowest BCUT2D eigenvalue weighted by molar-refractivity contribution is 0.102. The van der Waals surface area contributed by atoms with E-state index in [9.17, 15) is 9.59 Å². The fourth-order valence-corrected chi connectivity index (χ4v) is 3.78. The largest absolute Gasteiger partial charge is 0.310 e. The zero-order valence-corrected chi connectivity index (χ0v) is 17.8. The van der Waals surface area contributed by atoms with Gasteiger partial charge in [0, 0.05) is 30.0 Å². The number of hydrogen-bond donors (Lipinski definition) is 1. The van der Waals surface area contributed by atoms with E-state index in [-0.39, 0.29) is 11.1 Å². The van der Waals surface area contributed by atoms with Gasteiger partial charge in [-0.05, 0) is 29.3 Å². The number of benzene rings is 2. The first-order chi connectivity index (χ1) is 16.2. The van der Waals surface area contributed by atoms with E-state index in [0.717, 1.165) is 22.0 Å². The van der Waals surface area contributed by atoms with Crippen molar-refractivity contribution in [3.8, 4) is 0 Å². The molecular weight excluding hydrogens is 414 g/mol. The van der Waals surface area contributed by atoms with Gasteiger partial charge >= 0.3 is 0 Å². The van der Waals surface area contributed by atoms with Crippen molar-refractivity contribution in [3.63, 3.8) is 0 Å². The maximum Gasteiger partial charge on any atom is 0.263 e. The average Bonchev–Trinajstić information content (AvgIpc) is 3.28. The predicted octanol–water partition coefficient (Wildman–Crippen LogP) is 3.94. The number of pyridine rings is 2. The van der Waals surface area contributed by atoms with Gasteiger partial charge in [-0.1, -0.05) is 54.6 Å². The number of para-hydroxylation sites is 1. The summed E-state index contributed by atoms with van der Waals surface area (Å²) in [6.07, 6.45) is 5.24. The van der Waals surface area contributed by atoms with Gasteiger partial charge < -0.3 is 9.88 Å². The second kappa shape index (κ2) is 8.92. The van der Waals surface area contributed by atoms with Crippen LogP contribution in [-0.2, 0) is 13.1 Å². The van der Waals surface area contributed by atoms with Crippen molar-refractivity contribution in [2.24, 2.45) is 0 Å². The lowest BCUT2D eigenvalue weighted by atomic mass is 10.1. The first kappa shape index (κ1) is 20.4. The Labute approximate surface area is 190 Å². The minimum absolute atomic E-state index is 0.0706. The third kappa shape index (κ3) is 4.43. The van der Waals surface area contributed by atoms with Crippen LogP contribution in [0.1, 0.15) is 21.5 Å². The molecule has 0 unspecified atom stereocenters. The van der Waals surface area contributed by atoms with E-state index in [1.165, 1.54) is 10.6 Å². The molecule has 0 bridgehead atoms. The Balaban J connectivity index is 1.32. The lowest BCUT2D eigenvalue weighted by Crippen LogP contribution is -2.29. The standard InChI is InChI=1S/C26H21N5O2/c32-25(22-12-6-15-30(26(22)33)17-19-7-2-1-3-8-19)28-23-13-16-31(29-23)18-21-10-4-9-20-11-5-14-27-24(20)21/h1-16H,17-18H2,(H,28,29,32). The molecule has 0 aliphatic carbocycles. The molecular formula is C26H21N5O2. The quantitative estimate of drug-likeness (QED) is 0.438. The highest BCUT2D eigenvalue weighted by Crippen LogP contribution is 2.17. The smallest absolute Gasteiger partial charge is 0.263 e. The van der Waals surface area contributed by atoms with Crippen LogP contribution in [0.15, 0.2) is 102 Å². The highest BCUT2D eigenvalue weighted by molar-refractivity contribution is 6.03. The molecule has 0 fully saturated rings. The average molecular weight is 435 g/mol. The molecule has 1 amide bonds. The number of hydrogen-bond acceptors (Lipinski definition) is 4. The summed E-state index contributed by atoms with van der Waals surface area (Å²) in [6.45, 7) is 0.911. The van der Waals surface area contributed by atoms with Crippen molar-refractivity contribution in [3.05, 3.63) is 124 Å². The molecule has 1 N–H and O–H groups in total. The normalized spacial score (nSPS) is 10.9. The monoisotopic (exact) mass is 435 g/mol. The van der Waals surface area contributed by atoms with Crippen LogP contribution in [0.4, 0.5) is 5.82 Å². The molecule has 3 aromatic heterocycles. The summed E-state index contributed by atoms with van der Waals surface area (Å²) in [5.41, 5.74) is 2.66. The van der Waals surface area contributed by atoms with Gasteiger partial charge in [0.15, 0.2) is 5.82 Å². The van der Waals surface area contributed by atoms with E-state index in [1.54, 1.807) is 35.4 Å². The molecule has 33 heavy (non-hydrogen) atoms. The Morgan fingerprint density at radius 2 is 1.70 bits per heavy atom. The van der Waals surface area contributed by atoms with Gasteiger partial charge in [0.1, 0.15) is 5.56 Å². The predicted molar refractivity (Wildman–Crippen MR) is 127 cm³/mol. The van der Waals surface area contributed by atoms with Gasteiger partial charge in [0.2, 0.25) is 0 Å². The van der Waals surface area contributed by atoms with Crippen LogP contribution < -0.4 is 10.9 Å². The third-order valence-corrected chi connectivity index (χ3v) is 5.39. The molecule has 3 heterocycles. The number of carbonyl (C=O) groups is 1. The van der Waals surface area contributed by atoms with Crippen molar-refractivity contribution in [1.82, 2.24) is 19.3 Å². The molecule has 0 saturated carbocycles. The molecule has 0 spiro atoms. The number of nitrogens with one attached hydrogen (secondary N) is 1. The molecule has 162 valence electrons. The van der Waals surface area contributed by atoms with Crippen LogP contribution >= 0.6 is 0 Å². The molecule has 7 nitrogen and oxygen atoms in total. The Morgan fingerprint density at radius 1 is 0.848 bits per heavy atom. The Kier molecular flexibility index (Phi) is 5.51. The topological polar surface area (TPSA) is 81.8 Å². The summed E-state index contributed by atoms with van der Waals surface area (Å²) in [5.74, 6) is -0.106. The summed E-state index contributed by atoms with van der Waals surface area (Å²) in [6, 6.07) is 24.5. The van der Waals surface area contributed by atoms with Crippen molar-refractivity contribution in [1.29, 1.82) is 0 Å². The number of aromatic nitrogens is 4. The zero-order chi connectivity index (χ0) is 22.6. The minimum Gasteiger partial charge on any atom is -0.310 e. The van der Waals surface area contributed by atoms with Crippen LogP contribution in [0.5, 0.6) is 0 Å². The minimum atomic E-state index is -0.487. The van der Waals surface area contributed by atoms with E-state index in [0.29, 0.717) is 18.9 Å². The summed E-state index contributed by atoms with van der Waals surface area (Å²) in [5, 5.41) is 8.24. The van der Waals surface area contributed by atoms with Gasteiger partial charge in [-0.25, -0.2) is 0 Å². The summed E-state index contributed by atoms with van der Waals surface area (Å²) < 4.78 is 3.26. The number of fused-ring (bicyclic) bond motifs is 1. The van der Waals surface area contributed by atoms with E-state index in [2.05, 4.69) is 15.4 Å². The van der Waals surface area contributed by atoms with Gasteiger partial charge in [-0.15, -0.1) is 0 Å². The van der Waals surface area contributed by atoms with Crippen LogP contribution in [0, 0.1) is 0 Å². The van der Waals surface area contributed by atoms with E-state index in [4.69, 9.17) is 0 Å². The molecule has 0 aliphatic rings. The van der Waals surface area contributed by atoms with Gasteiger partial charge in [0.25, 0.3) is 11.5 Å². The van der Waals surface area contributed by atoms with Gasteiger partial charge in [-0.3, -0.25) is 19.3 Å². The number of nitrogens with zero attached hydrogens (tertiary/aromatic N) is 4. The maximum atomic E-state index is 12.8. The van der Waals surface area contributed by atoms with E-state index in [1.807, 2.05) is 60.7 Å². The SMILES string of the molecule is O=C(Nc1ccn(Cc2cccc3cccnc23)n1)c1cccn(Cc2ccccc2)c1=O. The molecule has 0 saturated heterocycles. The highest BCUT2D eigenvalue weighted by atomic mass is 16.2. The number of amides is 1. The maximum absolute atomic E-state index is 12.8. The van der Waals surface area contributed by atoms with Crippen molar-refractivity contribution < 1.29 is 4.79 Å². The first-order valence-corrected chi connectivity index (χ1v) is 10.6. The van der Waals surface area contributed by atoms with E-state index < -0.39 is 5.91 Å². The fourth-order valence-electron chi connectivity index (χ4n) is 3.78. The summed E-state index contributed by atoms with van der Waals surface area (Å²) >= 11 is 0. The van der Waals surface area contributed by atoms with Crippen molar-refractivity contribution >= 4 is 22.6 Å². The van der Waals surface area contributed by atoms with Crippen LogP contribution in [0.25, 0.3) is 10.9 Å². The molecule has 2 aromatic carbocycles. The molecule has 0 radical (unpaired) electrons. The molecule has 7 heteroatoms.